The molecule has 0 saturated carbocycles. The molecule has 0 radical (unpaired) electrons. The largest absolute Gasteiger partial charge is 0.435 e. The summed E-state index contributed by atoms with van der Waals surface area (Å²) < 4.78 is 39.8. The number of aromatic nitrogens is 4. The SMILES string of the molecule is CCc1cc(C)c(-c2cn(C)nc2C(F)(F)F)nn1. The molecular formula is C12H13F3N4. The van der Waals surface area contributed by atoms with Gasteiger partial charge in [-0.3, -0.25) is 4.68 Å². The van der Waals surface area contributed by atoms with Crippen LogP contribution in [-0.4, -0.2) is 20.0 Å². The van der Waals surface area contributed by atoms with Crippen LogP contribution in [0.15, 0.2) is 12.3 Å². The first-order valence-corrected chi connectivity index (χ1v) is 5.77. The topological polar surface area (TPSA) is 43.6 Å². The second-order valence-corrected chi connectivity index (χ2v) is 4.28. The summed E-state index contributed by atoms with van der Waals surface area (Å²) in [6.45, 7) is 3.63. The zero-order valence-electron chi connectivity index (χ0n) is 10.8. The minimum absolute atomic E-state index is 0.0392. The fraction of sp³-hybridized carbons (Fsp3) is 0.417. The molecule has 0 N–H and O–H groups in total. The Morgan fingerprint density at radius 1 is 1.26 bits per heavy atom. The number of hydrogen-bond donors (Lipinski definition) is 0. The van der Waals surface area contributed by atoms with Crippen molar-refractivity contribution in [3.63, 3.8) is 0 Å². The molecule has 0 amide bonds. The summed E-state index contributed by atoms with van der Waals surface area (Å²) in [5, 5.41) is 11.3. The van der Waals surface area contributed by atoms with E-state index in [0.717, 1.165) is 10.4 Å². The summed E-state index contributed by atoms with van der Waals surface area (Å²) in [4.78, 5) is 0. The maximum Gasteiger partial charge on any atom is 0.435 e. The van der Waals surface area contributed by atoms with E-state index in [-0.39, 0.29) is 11.3 Å². The van der Waals surface area contributed by atoms with Crippen LogP contribution in [0.4, 0.5) is 13.2 Å². The standard InChI is InChI=1S/C12H13F3N4/c1-4-8-5-7(2)10(17-16-8)9-6-19(3)18-11(9)12(13,14)15/h5-6H,4H2,1-3H3. The first-order chi connectivity index (χ1) is 8.82. The van der Waals surface area contributed by atoms with Crippen molar-refractivity contribution in [2.75, 3.05) is 0 Å². The molecule has 0 fully saturated rings. The second kappa shape index (κ2) is 4.64. The molecular weight excluding hydrogens is 257 g/mol. The van der Waals surface area contributed by atoms with E-state index in [1.54, 1.807) is 13.0 Å². The monoisotopic (exact) mass is 270 g/mol. The Morgan fingerprint density at radius 2 is 1.95 bits per heavy atom. The van der Waals surface area contributed by atoms with Gasteiger partial charge in [0.15, 0.2) is 5.69 Å². The van der Waals surface area contributed by atoms with Crippen molar-refractivity contribution < 1.29 is 13.2 Å². The zero-order chi connectivity index (χ0) is 14.2. The summed E-state index contributed by atoms with van der Waals surface area (Å²) in [5.41, 5.74) is 0.654. The molecule has 0 aliphatic rings. The highest BCUT2D eigenvalue weighted by molar-refractivity contribution is 5.64. The maximum atomic E-state index is 12.9. The number of aryl methyl sites for hydroxylation is 3. The van der Waals surface area contributed by atoms with E-state index >= 15 is 0 Å². The van der Waals surface area contributed by atoms with E-state index in [9.17, 15) is 13.2 Å². The van der Waals surface area contributed by atoms with Gasteiger partial charge in [0.1, 0.15) is 0 Å². The number of rotatable bonds is 2. The van der Waals surface area contributed by atoms with E-state index in [1.807, 2.05) is 6.92 Å². The lowest BCUT2D eigenvalue weighted by Crippen LogP contribution is -2.09. The van der Waals surface area contributed by atoms with Crippen LogP contribution >= 0.6 is 0 Å². The van der Waals surface area contributed by atoms with Gasteiger partial charge in [0, 0.05) is 13.2 Å². The van der Waals surface area contributed by atoms with Gasteiger partial charge >= 0.3 is 6.18 Å². The predicted molar refractivity (Wildman–Crippen MR) is 63.4 cm³/mol. The van der Waals surface area contributed by atoms with Crippen molar-refractivity contribution in [1.82, 2.24) is 20.0 Å². The summed E-state index contributed by atoms with van der Waals surface area (Å²) >= 11 is 0. The van der Waals surface area contributed by atoms with Crippen molar-refractivity contribution in [3.05, 3.63) is 29.2 Å². The third-order valence-corrected chi connectivity index (χ3v) is 2.75. The molecule has 19 heavy (non-hydrogen) atoms. The van der Waals surface area contributed by atoms with Gasteiger partial charge in [-0.1, -0.05) is 6.92 Å². The molecule has 0 aliphatic heterocycles. The Labute approximate surface area is 108 Å². The highest BCUT2D eigenvalue weighted by Gasteiger charge is 2.38. The van der Waals surface area contributed by atoms with Crippen molar-refractivity contribution in [3.8, 4) is 11.3 Å². The molecule has 7 heteroatoms. The van der Waals surface area contributed by atoms with Gasteiger partial charge in [-0.05, 0) is 25.0 Å². The van der Waals surface area contributed by atoms with Gasteiger partial charge in [-0.25, -0.2) is 0 Å². The lowest BCUT2D eigenvalue weighted by Gasteiger charge is -2.07. The van der Waals surface area contributed by atoms with Gasteiger partial charge in [0.25, 0.3) is 0 Å². The van der Waals surface area contributed by atoms with Crippen molar-refractivity contribution in [1.29, 1.82) is 0 Å². The minimum atomic E-state index is -4.51. The Bertz CT molecular complexity index is 602. The van der Waals surface area contributed by atoms with Crippen LogP contribution in [0.5, 0.6) is 0 Å². The van der Waals surface area contributed by atoms with Crippen LogP contribution in [0.25, 0.3) is 11.3 Å². The average Bonchev–Trinajstić information content (AvgIpc) is 2.70. The van der Waals surface area contributed by atoms with Gasteiger partial charge in [0.05, 0.1) is 17.0 Å². The fourth-order valence-corrected chi connectivity index (χ4v) is 1.85. The minimum Gasteiger partial charge on any atom is -0.275 e. The lowest BCUT2D eigenvalue weighted by atomic mass is 10.1. The third kappa shape index (κ3) is 2.59. The van der Waals surface area contributed by atoms with Gasteiger partial charge in [0.2, 0.25) is 0 Å². The molecule has 0 spiro atoms. The number of hydrogen-bond acceptors (Lipinski definition) is 3. The maximum absolute atomic E-state index is 12.9. The Hall–Kier alpha value is -1.92. The van der Waals surface area contributed by atoms with E-state index in [1.165, 1.54) is 13.2 Å². The normalized spacial score (nSPS) is 11.9. The molecule has 102 valence electrons. The fourth-order valence-electron chi connectivity index (χ4n) is 1.85. The Morgan fingerprint density at radius 3 is 2.47 bits per heavy atom. The molecule has 2 rings (SSSR count). The molecule has 2 aromatic rings. The van der Waals surface area contributed by atoms with Crippen LogP contribution < -0.4 is 0 Å². The van der Waals surface area contributed by atoms with Gasteiger partial charge < -0.3 is 0 Å². The molecule has 0 saturated heterocycles. The smallest absolute Gasteiger partial charge is 0.275 e. The first-order valence-electron chi connectivity index (χ1n) is 5.77. The molecule has 0 unspecified atom stereocenters. The van der Waals surface area contributed by atoms with E-state index in [4.69, 9.17) is 0 Å². The van der Waals surface area contributed by atoms with Gasteiger partial charge in [-0.15, -0.1) is 5.10 Å². The lowest BCUT2D eigenvalue weighted by molar-refractivity contribution is -0.141. The van der Waals surface area contributed by atoms with Gasteiger partial charge in [-0.2, -0.15) is 23.4 Å². The number of halogens is 3. The zero-order valence-corrected chi connectivity index (χ0v) is 10.8. The first kappa shape index (κ1) is 13.5. The Balaban J connectivity index is 2.59. The average molecular weight is 270 g/mol. The van der Waals surface area contributed by atoms with E-state index < -0.39 is 11.9 Å². The van der Waals surface area contributed by atoms with Crippen molar-refractivity contribution in [2.24, 2.45) is 7.05 Å². The third-order valence-electron chi connectivity index (χ3n) is 2.75. The van der Waals surface area contributed by atoms with Crippen LogP contribution in [-0.2, 0) is 19.6 Å². The number of alkyl halides is 3. The summed E-state index contributed by atoms with van der Waals surface area (Å²) in [6, 6.07) is 1.75. The molecule has 2 aromatic heterocycles. The molecule has 0 aliphatic carbocycles. The second-order valence-electron chi connectivity index (χ2n) is 4.28. The quantitative estimate of drug-likeness (QED) is 0.842. The molecule has 0 bridgehead atoms. The highest BCUT2D eigenvalue weighted by Crippen LogP contribution is 2.36. The van der Waals surface area contributed by atoms with Crippen molar-refractivity contribution >= 4 is 0 Å². The summed E-state index contributed by atoms with van der Waals surface area (Å²) in [5.74, 6) is 0. The predicted octanol–water partition coefficient (Wildman–Crippen LogP) is 2.77. The van der Waals surface area contributed by atoms with E-state index in [0.29, 0.717) is 12.0 Å². The van der Waals surface area contributed by atoms with Crippen molar-refractivity contribution in [2.45, 2.75) is 26.4 Å². The highest BCUT2D eigenvalue weighted by atomic mass is 19.4. The molecule has 4 nitrogen and oxygen atoms in total. The Kier molecular flexibility index (Phi) is 3.30. The summed E-state index contributed by atoms with van der Waals surface area (Å²) in [6.07, 6.45) is -2.51. The molecule has 0 aromatic carbocycles. The van der Waals surface area contributed by atoms with Crippen LogP contribution in [0.1, 0.15) is 23.9 Å². The molecule has 0 atom stereocenters. The molecule has 2 heterocycles. The number of nitrogens with zero attached hydrogens (tertiary/aromatic N) is 4. The summed E-state index contributed by atoms with van der Waals surface area (Å²) in [7, 11) is 1.45. The van der Waals surface area contributed by atoms with Crippen LogP contribution in [0.2, 0.25) is 0 Å². The van der Waals surface area contributed by atoms with Crippen LogP contribution in [0, 0.1) is 6.92 Å². The van der Waals surface area contributed by atoms with Crippen LogP contribution in [0.3, 0.4) is 0 Å². The van der Waals surface area contributed by atoms with E-state index in [2.05, 4.69) is 15.3 Å².